The first-order valence-electron chi connectivity index (χ1n) is 15.5. The molecule has 46 heavy (non-hydrogen) atoms. The van der Waals surface area contributed by atoms with Gasteiger partial charge in [0.15, 0.2) is 11.6 Å². The van der Waals surface area contributed by atoms with Gasteiger partial charge in [-0.25, -0.2) is 8.78 Å². The number of carbonyl (C=O) groups excluding carboxylic acids is 4. The number of benzene rings is 2. The Hall–Kier alpha value is -3.58. The zero-order valence-corrected chi connectivity index (χ0v) is 26.0. The molecule has 4 atom stereocenters. The van der Waals surface area contributed by atoms with Crippen LogP contribution < -0.4 is 10.6 Å². The molecule has 4 fully saturated rings. The maximum absolute atomic E-state index is 13.1. The van der Waals surface area contributed by atoms with E-state index in [-0.39, 0.29) is 48.1 Å². The van der Waals surface area contributed by atoms with E-state index in [4.69, 9.17) is 18.9 Å². The summed E-state index contributed by atoms with van der Waals surface area (Å²) in [6.07, 6.45) is 2.64. The van der Waals surface area contributed by atoms with Crippen molar-refractivity contribution in [2.75, 3.05) is 40.6 Å². The van der Waals surface area contributed by atoms with Crippen LogP contribution in [0.5, 0.6) is 0 Å². The number of methoxy groups -OCH3 is 2. The largest absolute Gasteiger partial charge is 0.468 e. The Morgan fingerprint density at radius 1 is 0.652 bits per heavy atom. The van der Waals surface area contributed by atoms with Crippen molar-refractivity contribution < 1.29 is 46.9 Å². The van der Waals surface area contributed by atoms with Crippen molar-refractivity contribution in [1.82, 2.24) is 10.6 Å². The zero-order chi connectivity index (χ0) is 32.9. The van der Waals surface area contributed by atoms with Gasteiger partial charge in [-0.15, -0.1) is 0 Å². The van der Waals surface area contributed by atoms with Crippen LogP contribution in [0.3, 0.4) is 0 Å². The Labute approximate surface area is 266 Å². The second-order valence-corrected chi connectivity index (χ2v) is 12.3. The summed E-state index contributed by atoms with van der Waals surface area (Å²) >= 11 is 0. The first-order chi connectivity index (χ1) is 22.1. The summed E-state index contributed by atoms with van der Waals surface area (Å²) in [6.45, 7) is 1.96. The van der Waals surface area contributed by atoms with Gasteiger partial charge in [0.05, 0.1) is 14.2 Å². The van der Waals surface area contributed by atoms with Gasteiger partial charge in [-0.05, 0) is 61.1 Å². The van der Waals surface area contributed by atoms with Crippen molar-refractivity contribution in [1.29, 1.82) is 0 Å². The molecule has 4 saturated heterocycles. The van der Waals surface area contributed by atoms with Crippen molar-refractivity contribution >= 4 is 23.5 Å². The summed E-state index contributed by atoms with van der Waals surface area (Å²) in [4.78, 5) is 49.7. The second-order valence-electron chi connectivity index (χ2n) is 12.3. The van der Waals surface area contributed by atoms with Gasteiger partial charge in [-0.3, -0.25) is 19.2 Å². The smallest absolute Gasteiger partial charge is 0.318 e. The standard InChI is InChI=1S/2C17H20FNO4/c2*1-22-16(21)15-14(20)10-13(11-2-4-12(18)5-3-11)19-17(15)6-8-23-9-7-17/h2*2-5,13,15,19H,6-10H2,1H3/t2*13-,15+/m00/s1. The summed E-state index contributed by atoms with van der Waals surface area (Å²) in [5, 5.41) is 6.95. The predicted molar refractivity (Wildman–Crippen MR) is 160 cm³/mol. The molecule has 0 aromatic heterocycles. The van der Waals surface area contributed by atoms with Crippen molar-refractivity contribution in [3.05, 3.63) is 71.3 Å². The highest BCUT2D eigenvalue weighted by Crippen LogP contribution is 2.41. The van der Waals surface area contributed by atoms with E-state index < -0.39 is 34.9 Å². The molecule has 6 rings (SSSR count). The Balaban J connectivity index is 0.000000181. The molecule has 4 aliphatic rings. The molecule has 0 unspecified atom stereocenters. The molecule has 2 N–H and O–H groups in total. The molecule has 2 aromatic rings. The first-order valence-corrected chi connectivity index (χ1v) is 15.5. The van der Waals surface area contributed by atoms with Gasteiger partial charge in [0.1, 0.15) is 23.5 Å². The lowest BCUT2D eigenvalue weighted by molar-refractivity contribution is -0.160. The van der Waals surface area contributed by atoms with Gasteiger partial charge in [0.2, 0.25) is 0 Å². The van der Waals surface area contributed by atoms with Crippen LogP contribution in [0.25, 0.3) is 0 Å². The van der Waals surface area contributed by atoms with Crippen LogP contribution in [0, 0.1) is 23.5 Å². The highest BCUT2D eigenvalue weighted by atomic mass is 19.1. The van der Waals surface area contributed by atoms with E-state index in [0.29, 0.717) is 52.1 Å². The average molecular weight is 643 g/mol. The van der Waals surface area contributed by atoms with Gasteiger partial charge in [-0.1, -0.05) is 24.3 Å². The number of esters is 2. The molecule has 0 amide bonds. The number of ketones is 2. The maximum atomic E-state index is 13.1. The number of halogens is 2. The maximum Gasteiger partial charge on any atom is 0.318 e. The SMILES string of the molecule is COC(=O)[C@H]1C(=O)C[C@@H](c2ccc(F)cc2)NC12CCOCC2.COC(=O)[C@H]1C(=O)C[C@@H](c2ccc(F)cc2)NC12CCOCC2. The quantitative estimate of drug-likeness (QED) is 0.378. The number of piperidine rings is 2. The van der Waals surface area contributed by atoms with Crippen molar-refractivity contribution in [2.45, 2.75) is 61.7 Å². The third-order valence-corrected chi connectivity index (χ3v) is 9.67. The third-order valence-electron chi connectivity index (χ3n) is 9.67. The number of ether oxygens (including phenoxy) is 4. The third kappa shape index (κ3) is 7.05. The predicted octanol–water partition coefficient (Wildman–Crippen LogP) is 3.54. The molecule has 248 valence electrons. The normalized spacial score (nSPS) is 27.0. The van der Waals surface area contributed by atoms with Gasteiger partial charge in [0.25, 0.3) is 0 Å². The van der Waals surface area contributed by atoms with Gasteiger partial charge in [0, 0.05) is 62.4 Å². The van der Waals surface area contributed by atoms with E-state index in [2.05, 4.69) is 10.6 Å². The minimum absolute atomic E-state index is 0.133. The van der Waals surface area contributed by atoms with Gasteiger partial charge in [-0.2, -0.15) is 0 Å². The second kappa shape index (κ2) is 14.5. The summed E-state index contributed by atoms with van der Waals surface area (Å²) in [6, 6.07) is 11.7. The van der Waals surface area contributed by atoms with Crippen LogP contribution >= 0.6 is 0 Å². The van der Waals surface area contributed by atoms with E-state index in [0.717, 1.165) is 11.1 Å². The van der Waals surface area contributed by atoms with Crippen LogP contribution in [0.2, 0.25) is 0 Å². The summed E-state index contributed by atoms with van der Waals surface area (Å²) in [7, 11) is 2.60. The molecular formula is C34H40F2N2O8. The highest BCUT2D eigenvalue weighted by Gasteiger charge is 2.54. The molecular weight excluding hydrogens is 602 g/mol. The molecule has 10 nitrogen and oxygen atoms in total. The van der Waals surface area contributed by atoms with Gasteiger partial charge < -0.3 is 29.6 Å². The average Bonchev–Trinajstić information content (AvgIpc) is 3.05. The number of hydrogen-bond donors (Lipinski definition) is 2. The summed E-state index contributed by atoms with van der Waals surface area (Å²) in [5.74, 6) is -3.52. The number of nitrogens with one attached hydrogen (secondary N) is 2. The minimum atomic E-state index is -0.812. The Bertz CT molecular complexity index is 1300. The number of hydrogen-bond acceptors (Lipinski definition) is 10. The molecule has 4 aliphatic heterocycles. The van der Waals surface area contributed by atoms with Crippen LogP contribution in [-0.2, 0) is 38.1 Å². The van der Waals surface area contributed by atoms with Crippen molar-refractivity contribution in [3.8, 4) is 0 Å². The van der Waals surface area contributed by atoms with E-state index in [1.54, 1.807) is 24.3 Å². The first kappa shape index (κ1) is 33.8. The molecule has 0 aliphatic carbocycles. The van der Waals surface area contributed by atoms with Crippen LogP contribution in [0.1, 0.15) is 61.7 Å². The van der Waals surface area contributed by atoms with Crippen molar-refractivity contribution in [3.63, 3.8) is 0 Å². The molecule has 0 bridgehead atoms. The number of carbonyl (C=O) groups is 4. The Morgan fingerprint density at radius 2 is 0.978 bits per heavy atom. The zero-order valence-electron chi connectivity index (χ0n) is 26.0. The fourth-order valence-electron chi connectivity index (χ4n) is 7.30. The van der Waals surface area contributed by atoms with Crippen LogP contribution in [-0.4, -0.2) is 75.2 Å². The lowest BCUT2D eigenvalue weighted by atomic mass is 9.70. The van der Waals surface area contributed by atoms with E-state index >= 15 is 0 Å². The lowest BCUT2D eigenvalue weighted by Crippen LogP contribution is -2.63. The monoisotopic (exact) mass is 642 g/mol. The molecule has 0 saturated carbocycles. The minimum Gasteiger partial charge on any atom is -0.468 e. The molecule has 2 spiro atoms. The van der Waals surface area contributed by atoms with E-state index in [1.165, 1.54) is 38.5 Å². The molecule has 0 radical (unpaired) electrons. The summed E-state index contributed by atoms with van der Waals surface area (Å²) in [5.41, 5.74) is 0.377. The van der Waals surface area contributed by atoms with Crippen molar-refractivity contribution in [2.24, 2.45) is 11.8 Å². The highest BCUT2D eigenvalue weighted by molar-refractivity contribution is 6.02. The fraction of sp³-hybridized carbons (Fsp3) is 0.529. The van der Waals surface area contributed by atoms with E-state index in [1.807, 2.05) is 0 Å². The fourth-order valence-corrected chi connectivity index (χ4v) is 7.30. The lowest BCUT2D eigenvalue weighted by Gasteiger charge is -2.48. The number of rotatable bonds is 4. The molecule has 12 heteroatoms. The van der Waals surface area contributed by atoms with Gasteiger partial charge >= 0.3 is 11.9 Å². The molecule has 2 aromatic carbocycles. The Kier molecular flexibility index (Phi) is 10.6. The van der Waals surface area contributed by atoms with Crippen LogP contribution in [0.15, 0.2) is 48.5 Å². The topological polar surface area (TPSA) is 129 Å². The van der Waals surface area contributed by atoms with E-state index in [9.17, 15) is 28.0 Å². The Morgan fingerprint density at radius 3 is 1.28 bits per heavy atom. The number of Topliss-reactive ketones (excluding diaryl/α,β-unsaturated/α-hetero) is 2. The summed E-state index contributed by atoms with van der Waals surface area (Å²) < 4.78 is 46.8. The van der Waals surface area contributed by atoms with Crippen LogP contribution in [0.4, 0.5) is 8.78 Å². The molecule has 4 heterocycles.